The molecule has 7 heteroatoms. The van der Waals surface area contributed by atoms with E-state index in [1.54, 1.807) is 30.3 Å². The maximum Gasteiger partial charge on any atom is 0.261 e. The third kappa shape index (κ3) is 5.59. The fraction of sp³-hybridized carbons (Fsp3) is 0.136. The van der Waals surface area contributed by atoms with Gasteiger partial charge in [-0.25, -0.2) is 8.42 Å². The Balaban J connectivity index is 1.66. The maximum atomic E-state index is 12.5. The molecule has 0 bridgehead atoms. The Labute approximate surface area is 175 Å². The van der Waals surface area contributed by atoms with Crippen molar-refractivity contribution in [3.05, 3.63) is 88.4 Å². The van der Waals surface area contributed by atoms with Gasteiger partial charge in [0.05, 0.1) is 17.0 Å². The molecule has 0 radical (unpaired) electrons. The van der Waals surface area contributed by atoms with Crippen molar-refractivity contribution >= 4 is 38.9 Å². The lowest BCUT2D eigenvalue weighted by molar-refractivity contribution is -0.115. The predicted octanol–water partition coefficient (Wildman–Crippen LogP) is 4.94. The van der Waals surface area contributed by atoms with Gasteiger partial charge in [-0.15, -0.1) is 0 Å². The summed E-state index contributed by atoms with van der Waals surface area (Å²) < 4.78 is 27.5. The number of sulfonamides is 1. The number of carbonyl (C=O) groups excluding carboxylic acids is 1. The molecule has 150 valence electrons. The van der Waals surface area contributed by atoms with E-state index in [4.69, 9.17) is 11.6 Å². The molecular formula is C22H21ClN2O3S. The summed E-state index contributed by atoms with van der Waals surface area (Å²) in [6, 6.07) is 18.4. The third-order valence-electron chi connectivity index (χ3n) is 4.46. The van der Waals surface area contributed by atoms with Gasteiger partial charge in [-0.05, 0) is 73.0 Å². The molecule has 3 aromatic carbocycles. The van der Waals surface area contributed by atoms with Gasteiger partial charge >= 0.3 is 0 Å². The van der Waals surface area contributed by atoms with Crippen molar-refractivity contribution in [2.24, 2.45) is 0 Å². The monoisotopic (exact) mass is 428 g/mol. The standard InChI is InChI=1S/C22H21ClN2O3S/c1-15-6-7-17(12-16(15)2)13-22(26)24-19-8-10-21(11-9-19)29(27,28)25-20-5-3-4-18(23)14-20/h3-12,14,25H,13H2,1-2H3,(H,24,26). The second-order valence-corrected chi connectivity index (χ2v) is 8.90. The summed E-state index contributed by atoms with van der Waals surface area (Å²) in [6.07, 6.45) is 0.248. The highest BCUT2D eigenvalue weighted by molar-refractivity contribution is 7.92. The smallest absolute Gasteiger partial charge is 0.261 e. The van der Waals surface area contributed by atoms with Gasteiger partial charge in [0.2, 0.25) is 5.91 Å². The lowest BCUT2D eigenvalue weighted by Crippen LogP contribution is -2.15. The van der Waals surface area contributed by atoms with Crippen LogP contribution in [0, 0.1) is 13.8 Å². The molecule has 2 N–H and O–H groups in total. The summed E-state index contributed by atoms with van der Waals surface area (Å²) in [5.41, 5.74) is 4.15. The first-order valence-corrected chi connectivity index (χ1v) is 10.8. The molecule has 0 saturated heterocycles. The molecule has 1 amide bonds. The van der Waals surface area contributed by atoms with Crippen molar-refractivity contribution in [3.63, 3.8) is 0 Å². The molecule has 3 rings (SSSR count). The summed E-state index contributed by atoms with van der Waals surface area (Å²) in [6.45, 7) is 4.03. The fourth-order valence-corrected chi connectivity index (χ4v) is 4.03. The second kappa shape index (κ2) is 8.68. The number of carbonyl (C=O) groups is 1. The number of rotatable bonds is 6. The summed E-state index contributed by atoms with van der Waals surface area (Å²) >= 11 is 5.89. The van der Waals surface area contributed by atoms with Crippen LogP contribution in [0.5, 0.6) is 0 Å². The minimum Gasteiger partial charge on any atom is -0.326 e. The molecule has 0 heterocycles. The van der Waals surface area contributed by atoms with Gasteiger partial charge in [0.15, 0.2) is 0 Å². The number of halogens is 1. The Morgan fingerprint density at radius 3 is 2.28 bits per heavy atom. The van der Waals surface area contributed by atoms with E-state index in [1.807, 2.05) is 32.0 Å². The number of anilines is 2. The Morgan fingerprint density at radius 2 is 1.62 bits per heavy atom. The summed E-state index contributed by atoms with van der Waals surface area (Å²) in [4.78, 5) is 12.4. The van der Waals surface area contributed by atoms with Gasteiger partial charge in [0, 0.05) is 10.7 Å². The largest absolute Gasteiger partial charge is 0.326 e. The average molecular weight is 429 g/mol. The van der Waals surface area contributed by atoms with Crippen molar-refractivity contribution < 1.29 is 13.2 Å². The SMILES string of the molecule is Cc1ccc(CC(=O)Nc2ccc(S(=O)(=O)Nc3cccc(Cl)c3)cc2)cc1C. The molecule has 0 aliphatic carbocycles. The predicted molar refractivity (Wildman–Crippen MR) is 117 cm³/mol. The second-order valence-electron chi connectivity index (χ2n) is 6.78. The van der Waals surface area contributed by atoms with E-state index < -0.39 is 10.0 Å². The minimum absolute atomic E-state index is 0.0876. The zero-order valence-electron chi connectivity index (χ0n) is 16.1. The van der Waals surface area contributed by atoms with Crippen molar-refractivity contribution in [2.45, 2.75) is 25.2 Å². The highest BCUT2D eigenvalue weighted by Gasteiger charge is 2.14. The average Bonchev–Trinajstić information content (AvgIpc) is 2.65. The van der Waals surface area contributed by atoms with Crippen molar-refractivity contribution in [1.82, 2.24) is 0 Å². The van der Waals surface area contributed by atoms with Crippen LogP contribution in [0.25, 0.3) is 0 Å². The molecule has 0 aliphatic heterocycles. The van der Waals surface area contributed by atoms with Crippen molar-refractivity contribution in [3.8, 4) is 0 Å². The van der Waals surface area contributed by atoms with Gasteiger partial charge in [0.1, 0.15) is 0 Å². The topological polar surface area (TPSA) is 75.3 Å². The molecule has 0 spiro atoms. The molecule has 0 atom stereocenters. The fourth-order valence-electron chi connectivity index (χ4n) is 2.79. The molecule has 0 fully saturated rings. The van der Waals surface area contributed by atoms with Crippen LogP contribution in [-0.2, 0) is 21.2 Å². The van der Waals surface area contributed by atoms with E-state index in [0.717, 1.165) is 11.1 Å². The van der Waals surface area contributed by atoms with Crippen LogP contribution in [0.1, 0.15) is 16.7 Å². The van der Waals surface area contributed by atoms with Crippen LogP contribution >= 0.6 is 11.6 Å². The van der Waals surface area contributed by atoms with Gasteiger partial charge < -0.3 is 5.32 Å². The Morgan fingerprint density at radius 1 is 0.897 bits per heavy atom. The van der Waals surface area contributed by atoms with E-state index >= 15 is 0 Å². The highest BCUT2D eigenvalue weighted by atomic mass is 35.5. The Hall–Kier alpha value is -2.83. The lowest BCUT2D eigenvalue weighted by atomic mass is 10.0. The first-order chi connectivity index (χ1) is 13.7. The van der Waals surface area contributed by atoms with Gasteiger partial charge in [-0.3, -0.25) is 9.52 Å². The Kier molecular flexibility index (Phi) is 6.25. The van der Waals surface area contributed by atoms with Gasteiger partial charge in [-0.2, -0.15) is 0 Å². The lowest BCUT2D eigenvalue weighted by Gasteiger charge is -2.10. The molecule has 29 heavy (non-hydrogen) atoms. The van der Waals surface area contributed by atoms with Gasteiger partial charge in [-0.1, -0.05) is 35.9 Å². The summed E-state index contributed by atoms with van der Waals surface area (Å²) in [5.74, 6) is -0.166. The van der Waals surface area contributed by atoms with Crippen LogP contribution in [0.2, 0.25) is 5.02 Å². The van der Waals surface area contributed by atoms with E-state index in [0.29, 0.717) is 16.4 Å². The third-order valence-corrected chi connectivity index (χ3v) is 6.09. The number of benzene rings is 3. The molecular weight excluding hydrogens is 408 g/mol. The van der Waals surface area contributed by atoms with E-state index in [-0.39, 0.29) is 17.2 Å². The van der Waals surface area contributed by atoms with Crippen LogP contribution in [0.3, 0.4) is 0 Å². The van der Waals surface area contributed by atoms with E-state index in [2.05, 4.69) is 10.0 Å². The zero-order chi connectivity index (χ0) is 21.0. The molecule has 5 nitrogen and oxygen atoms in total. The number of hydrogen-bond acceptors (Lipinski definition) is 3. The molecule has 0 aliphatic rings. The van der Waals surface area contributed by atoms with Crippen LogP contribution in [0.15, 0.2) is 71.6 Å². The zero-order valence-corrected chi connectivity index (χ0v) is 17.6. The van der Waals surface area contributed by atoms with Gasteiger partial charge in [0.25, 0.3) is 10.0 Å². The van der Waals surface area contributed by atoms with Crippen molar-refractivity contribution in [1.29, 1.82) is 0 Å². The summed E-state index contributed by atoms with van der Waals surface area (Å²) in [7, 11) is -3.75. The van der Waals surface area contributed by atoms with Crippen molar-refractivity contribution in [2.75, 3.05) is 10.0 Å². The van der Waals surface area contributed by atoms with Crippen LogP contribution < -0.4 is 10.0 Å². The maximum absolute atomic E-state index is 12.5. The first kappa shape index (κ1) is 20.9. The summed E-state index contributed by atoms with van der Waals surface area (Å²) in [5, 5.41) is 3.23. The number of amides is 1. The Bertz CT molecular complexity index is 1140. The number of nitrogens with one attached hydrogen (secondary N) is 2. The normalized spacial score (nSPS) is 11.1. The van der Waals surface area contributed by atoms with Crippen LogP contribution in [-0.4, -0.2) is 14.3 Å². The first-order valence-electron chi connectivity index (χ1n) is 8.97. The molecule has 0 unspecified atom stereocenters. The minimum atomic E-state index is -3.75. The highest BCUT2D eigenvalue weighted by Crippen LogP contribution is 2.21. The van der Waals surface area contributed by atoms with E-state index in [1.165, 1.54) is 23.8 Å². The molecule has 0 aromatic heterocycles. The number of aryl methyl sites for hydroxylation is 2. The number of hydrogen-bond donors (Lipinski definition) is 2. The quantitative estimate of drug-likeness (QED) is 0.584. The van der Waals surface area contributed by atoms with Crippen LogP contribution in [0.4, 0.5) is 11.4 Å². The molecule has 0 saturated carbocycles. The molecule has 3 aromatic rings. The van der Waals surface area contributed by atoms with E-state index in [9.17, 15) is 13.2 Å².